The summed E-state index contributed by atoms with van der Waals surface area (Å²) in [6, 6.07) is 12.7. The van der Waals surface area contributed by atoms with Crippen molar-refractivity contribution in [3.63, 3.8) is 0 Å². The molecular weight excluding hydrogens is 371 g/mol. The molecule has 2 rings (SSSR count). The molecule has 0 fully saturated rings. The molecule has 0 unspecified atom stereocenters. The number of carbonyl (C=O) groups is 2. The fourth-order valence-electron chi connectivity index (χ4n) is 1.67. The molecule has 0 saturated carbocycles. The molecule has 9 heteroatoms. The monoisotopic (exact) mass is 382 g/mol. The number of benzene rings is 2. The van der Waals surface area contributed by atoms with Gasteiger partial charge in [-0.1, -0.05) is 41.4 Å². The number of nitrogens with one attached hydrogen (secondary N) is 4. The Morgan fingerprint density at radius 3 is 2.33 bits per heavy atom. The van der Waals surface area contributed by atoms with Crippen LogP contribution in [-0.2, 0) is 0 Å². The first-order valence-electron chi connectivity index (χ1n) is 6.64. The van der Waals surface area contributed by atoms with Crippen LogP contribution in [0.4, 0.5) is 10.5 Å². The average Bonchev–Trinajstić information content (AvgIpc) is 2.53. The Morgan fingerprint density at radius 2 is 1.67 bits per heavy atom. The first kappa shape index (κ1) is 18.0. The van der Waals surface area contributed by atoms with E-state index in [1.54, 1.807) is 24.3 Å². The molecule has 0 aliphatic heterocycles. The summed E-state index contributed by atoms with van der Waals surface area (Å²) in [4.78, 5) is 23.7. The molecule has 124 valence electrons. The van der Waals surface area contributed by atoms with E-state index >= 15 is 0 Å². The molecule has 2 aromatic carbocycles. The third-order valence-electron chi connectivity index (χ3n) is 2.72. The van der Waals surface area contributed by atoms with Crippen molar-refractivity contribution in [1.29, 1.82) is 0 Å². The highest BCUT2D eigenvalue weighted by Crippen LogP contribution is 2.20. The maximum atomic E-state index is 12.0. The normalized spacial score (nSPS) is 9.75. The van der Waals surface area contributed by atoms with Gasteiger partial charge in [0.25, 0.3) is 5.91 Å². The third kappa shape index (κ3) is 5.38. The van der Waals surface area contributed by atoms with E-state index < -0.39 is 11.9 Å². The van der Waals surface area contributed by atoms with Gasteiger partial charge >= 0.3 is 6.03 Å². The highest BCUT2D eigenvalue weighted by molar-refractivity contribution is 7.80. The zero-order valence-electron chi connectivity index (χ0n) is 12.1. The van der Waals surface area contributed by atoms with Crippen molar-refractivity contribution in [2.75, 3.05) is 5.32 Å². The minimum Gasteiger partial charge on any atom is -0.307 e. The van der Waals surface area contributed by atoms with Gasteiger partial charge in [0.05, 0.1) is 10.6 Å². The van der Waals surface area contributed by atoms with Crippen molar-refractivity contribution < 1.29 is 9.59 Å². The Balaban J connectivity index is 1.82. The zero-order chi connectivity index (χ0) is 17.5. The van der Waals surface area contributed by atoms with Crippen LogP contribution in [0.1, 0.15) is 10.4 Å². The maximum Gasteiger partial charge on any atom is 0.337 e. The fraction of sp³-hybridized carbons (Fsp3) is 0. The maximum absolute atomic E-state index is 12.0. The lowest BCUT2D eigenvalue weighted by Gasteiger charge is -2.12. The topological polar surface area (TPSA) is 82.3 Å². The van der Waals surface area contributed by atoms with Gasteiger partial charge in [-0.05, 0) is 42.5 Å². The van der Waals surface area contributed by atoms with E-state index in [0.717, 1.165) is 0 Å². The van der Waals surface area contributed by atoms with Crippen LogP contribution in [-0.4, -0.2) is 17.1 Å². The van der Waals surface area contributed by atoms with Crippen LogP contribution in [0.2, 0.25) is 10.0 Å². The predicted molar refractivity (Wildman–Crippen MR) is 98.3 cm³/mol. The Labute approximate surface area is 153 Å². The standard InChI is InChI=1S/C15H12Cl2N4O2S/c16-9-6-7-11(12(17)8-9)13(22)19-15(24)21-20-14(23)18-10-4-2-1-3-5-10/h1-8H,(H2,18,20,23)(H2,19,21,22,24). The van der Waals surface area contributed by atoms with E-state index in [0.29, 0.717) is 10.7 Å². The number of hydrogen-bond acceptors (Lipinski definition) is 3. The van der Waals surface area contributed by atoms with Crippen LogP contribution >= 0.6 is 35.4 Å². The highest BCUT2D eigenvalue weighted by Gasteiger charge is 2.12. The van der Waals surface area contributed by atoms with Crippen molar-refractivity contribution in [2.24, 2.45) is 0 Å². The van der Waals surface area contributed by atoms with Crippen molar-refractivity contribution in [3.8, 4) is 0 Å². The minimum atomic E-state index is -0.540. The summed E-state index contributed by atoms with van der Waals surface area (Å²) in [5.74, 6) is -0.528. The molecule has 4 N–H and O–H groups in total. The summed E-state index contributed by atoms with van der Waals surface area (Å²) in [6.45, 7) is 0. The summed E-state index contributed by atoms with van der Waals surface area (Å²) < 4.78 is 0. The number of hydrogen-bond donors (Lipinski definition) is 4. The molecule has 0 aliphatic rings. The van der Waals surface area contributed by atoms with Crippen LogP contribution in [0.15, 0.2) is 48.5 Å². The van der Waals surface area contributed by atoms with Gasteiger partial charge in [0.15, 0.2) is 5.11 Å². The lowest BCUT2D eigenvalue weighted by atomic mass is 10.2. The van der Waals surface area contributed by atoms with Crippen molar-refractivity contribution in [1.82, 2.24) is 16.2 Å². The van der Waals surface area contributed by atoms with Gasteiger partial charge in [0.1, 0.15) is 0 Å². The van der Waals surface area contributed by atoms with Gasteiger partial charge in [0, 0.05) is 10.7 Å². The molecule has 3 amide bonds. The largest absolute Gasteiger partial charge is 0.337 e. The van der Waals surface area contributed by atoms with Crippen LogP contribution in [0.3, 0.4) is 0 Å². The Bertz CT molecular complexity index is 771. The molecule has 0 aliphatic carbocycles. The van der Waals surface area contributed by atoms with Crippen LogP contribution in [0.25, 0.3) is 0 Å². The van der Waals surface area contributed by atoms with Gasteiger partial charge in [-0.2, -0.15) is 0 Å². The summed E-state index contributed by atoms with van der Waals surface area (Å²) in [7, 11) is 0. The van der Waals surface area contributed by atoms with E-state index in [2.05, 4.69) is 21.5 Å². The third-order valence-corrected chi connectivity index (χ3v) is 3.48. The van der Waals surface area contributed by atoms with Gasteiger partial charge in [-0.15, -0.1) is 0 Å². The van der Waals surface area contributed by atoms with Crippen molar-refractivity contribution in [3.05, 3.63) is 64.1 Å². The van der Waals surface area contributed by atoms with E-state index in [1.165, 1.54) is 18.2 Å². The van der Waals surface area contributed by atoms with E-state index in [4.69, 9.17) is 35.4 Å². The molecule has 0 radical (unpaired) electrons. The van der Waals surface area contributed by atoms with E-state index in [1.807, 2.05) is 6.07 Å². The van der Waals surface area contributed by atoms with Gasteiger partial charge in [0.2, 0.25) is 0 Å². The summed E-state index contributed by atoms with van der Waals surface area (Å²) in [5.41, 5.74) is 5.52. The van der Waals surface area contributed by atoms with Crippen LogP contribution < -0.4 is 21.5 Å². The molecule has 0 atom stereocenters. The smallest absolute Gasteiger partial charge is 0.307 e. The quantitative estimate of drug-likeness (QED) is 0.474. The SMILES string of the molecule is O=C(NNC(=S)NC(=O)c1ccc(Cl)cc1Cl)Nc1ccccc1. The predicted octanol–water partition coefficient (Wildman–Crippen LogP) is 3.33. The highest BCUT2D eigenvalue weighted by atomic mass is 35.5. The number of para-hydroxylation sites is 1. The lowest BCUT2D eigenvalue weighted by Crippen LogP contribution is -2.49. The molecule has 0 aromatic heterocycles. The number of halogens is 2. The first-order chi connectivity index (χ1) is 11.5. The molecule has 0 spiro atoms. The minimum absolute atomic E-state index is 0.0887. The molecule has 2 aromatic rings. The Kier molecular flexibility index (Phi) is 6.36. The average molecular weight is 383 g/mol. The molecule has 0 bridgehead atoms. The summed E-state index contributed by atoms with van der Waals surface area (Å²) in [5, 5.41) is 5.48. The molecule has 6 nitrogen and oxygen atoms in total. The summed E-state index contributed by atoms with van der Waals surface area (Å²) in [6.07, 6.45) is 0. The number of carbonyl (C=O) groups excluding carboxylic acids is 2. The van der Waals surface area contributed by atoms with Gasteiger partial charge < -0.3 is 5.32 Å². The van der Waals surface area contributed by atoms with E-state index in [-0.39, 0.29) is 15.7 Å². The number of hydrazine groups is 1. The second-order valence-corrected chi connectivity index (χ2v) is 5.73. The number of anilines is 1. The number of urea groups is 1. The van der Waals surface area contributed by atoms with Crippen molar-refractivity contribution >= 4 is 58.2 Å². The molecule has 24 heavy (non-hydrogen) atoms. The van der Waals surface area contributed by atoms with Crippen LogP contribution in [0.5, 0.6) is 0 Å². The van der Waals surface area contributed by atoms with Crippen molar-refractivity contribution in [2.45, 2.75) is 0 Å². The molecule has 0 heterocycles. The lowest BCUT2D eigenvalue weighted by molar-refractivity contribution is 0.0976. The second kappa shape index (κ2) is 8.49. The van der Waals surface area contributed by atoms with Gasteiger partial charge in [-0.3, -0.25) is 15.5 Å². The zero-order valence-corrected chi connectivity index (χ0v) is 14.4. The van der Waals surface area contributed by atoms with Crippen LogP contribution in [0, 0.1) is 0 Å². The van der Waals surface area contributed by atoms with E-state index in [9.17, 15) is 9.59 Å². The fourth-order valence-corrected chi connectivity index (χ4v) is 2.31. The first-order valence-corrected chi connectivity index (χ1v) is 7.80. The number of amides is 3. The number of thiocarbonyl (C=S) groups is 1. The van der Waals surface area contributed by atoms with Gasteiger partial charge in [-0.25, -0.2) is 10.2 Å². The Morgan fingerprint density at radius 1 is 0.958 bits per heavy atom. The Hall–Kier alpha value is -2.35. The molecule has 0 saturated heterocycles. The second-order valence-electron chi connectivity index (χ2n) is 4.48. The molecular formula is C15H12Cl2N4O2S. The summed E-state index contributed by atoms with van der Waals surface area (Å²) >= 11 is 16.6. The number of rotatable bonds is 2.